The van der Waals surface area contributed by atoms with Crippen LogP contribution >= 0.6 is 11.6 Å². The Balaban J connectivity index is 1.73. The van der Waals surface area contributed by atoms with E-state index in [2.05, 4.69) is 20.1 Å². The van der Waals surface area contributed by atoms with Gasteiger partial charge in [0.2, 0.25) is 5.82 Å². The first-order valence-corrected chi connectivity index (χ1v) is 7.43. The van der Waals surface area contributed by atoms with E-state index in [0.29, 0.717) is 16.4 Å². The van der Waals surface area contributed by atoms with Crippen molar-refractivity contribution in [2.75, 3.05) is 5.32 Å². The largest absolute Gasteiger partial charge is 0.435 e. The van der Waals surface area contributed by atoms with Gasteiger partial charge in [-0.3, -0.25) is 4.79 Å². The fourth-order valence-electron chi connectivity index (χ4n) is 2.01. The number of halogens is 3. The number of hydrogen-bond donors (Lipinski definition) is 1. The third-order valence-electron chi connectivity index (χ3n) is 3.14. The molecule has 2 aromatic carbocycles. The van der Waals surface area contributed by atoms with Crippen LogP contribution in [0.4, 0.5) is 14.5 Å². The summed E-state index contributed by atoms with van der Waals surface area (Å²) in [5, 5.41) is 7.06. The summed E-state index contributed by atoms with van der Waals surface area (Å²) in [4.78, 5) is 16.1. The molecule has 0 saturated heterocycles. The first-order valence-electron chi connectivity index (χ1n) is 7.06. The second-order valence-electron chi connectivity index (χ2n) is 4.82. The lowest BCUT2D eigenvalue weighted by atomic mass is 10.3. The van der Waals surface area contributed by atoms with Crippen molar-refractivity contribution in [1.29, 1.82) is 0 Å². The van der Waals surface area contributed by atoms with Crippen LogP contribution in [0.5, 0.6) is 5.75 Å². The molecule has 0 radical (unpaired) electrons. The third kappa shape index (κ3) is 4.10. The summed E-state index contributed by atoms with van der Waals surface area (Å²) >= 11 is 5.98. The number of benzene rings is 2. The summed E-state index contributed by atoms with van der Waals surface area (Å²) in [5.74, 6) is -0.562. The predicted molar refractivity (Wildman–Crippen MR) is 87.4 cm³/mol. The lowest BCUT2D eigenvalue weighted by molar-refractivity contribution is -0.0498. The summed E-state index contributed by atoms with van der Waals surface area (Å²) in [5.41, 5.74) is 0.977. The lowest BCUT2D eigenvalue weighted by Gasteiger charge is -2.05. The van der Waals surface area contributed by atoms with Crippen molar-refractivity contribution in [2.45, 2.75) is 6.61 Å². The molecule has 0 spiro atoms. The van der Waals surface area contributed by atoms with E-state index in [-0.39, 0.29) is 11.6 Å². The molecule has 9 heteroatoms. The number of nitrogens with one attached hydrogen (secondary N) is 1. The van der Waals surface area contributed by atoms with Gasteiger partial charge in [0, 0.05) is 0 Å². The Morgan fingerprint density at radius 1 is 1.16 bits per heavy atom. The number of amides is 1. The Kier molecular flexibility index (Phi) is 4.90. The average Bonchev–Trinajstić information content (AvgIpc) is 3.07. The minimum Gasteiger partial charge on any atom is -0.435 e. The molecule has 3 aromatic rings. The Morgan fingerprint density at radius 3 is 2.56 bits per heavy atom. The molecule has 0 unspecified atom stereocenters. The third-order valence-corrected chi connectivity index (χ3v) is 3.47. The number of carbonyl (C=O) groups is 1. The fourth-order valence-corrected chi connectivity index (χ4v) is 2.20. The molecule has 0 aliphatic rings. The van der Waals surface area contributed by atoms with E-state index in [9.17, 15) is 13.6 Å². The molecule has 1 N–H and O–H groups in total. The quantitative estimate of drug-likeness (QED) is 0.748. The van der Waals surface area contributed by atoms with Crippen LogP contribution in [0.25, 0.3) is 5.69 Å². The number of nitrogens with zero attached hydrogens (tertiary/aromatic N) is 3. The van der Waals surface area contributed by atoms with Gasteiger partial charge < -0.3 is 10.1 Å². The number of anilines is 1. The zero-order chi connectivity index (χ0) is 17.8. The van der Waals surface area contributed by atoms with E-state index < -0.39 is 12.5 Å². The lowest BCUT2D eigenvalue weighted by Crippen LogP contribution is -2.14. The predicted octanol–water partition coefficient (Wildman–Crippen LogP) is 3.77. The summed E-state index contributed by atoms with van der Waals surface area (Å²) in [7, 11) is 0. The molecule has 0 fully saturated rings. The van der Waals surface area contributed by atoms with Gasteiger partial charge in [-0.1, -0.05) is 23.7 Å². The Labute approximate surface area is 146 Å². The van der Waals surface area contributed by atoms with Crippen molar-refractivity contribution in [2.24, 2.45) is 0 Å². The van der Waals surface area contributed by atoms with Gasteiger partial charge in [-0.05, 0) is 36.4 Å². The number of ether oxygens (including phenoxy) is 1. The summed E-state index contributed by atoms with van der Waals surface area (Å²) < 4.78 is 29.9. The van der Waals surface area contributed by atoms with E-state index in [4.69, 9.17) is 11.6 Å². The van der Waals surface area contributed by atoms with Crippen molar-refractivity contribution >= 4 is 23.2 Å². The van der Waals surface area contributed by atoms with Gasteiger partial charge in [0.15, 0.2) is 0 Å². The minimum atomic E-state index is -2.89. The Morgan fingerprint density at radius 2 is 1.88 bits per heavy atom. The van der Waals surface area contributed by atoms with Gasteiger partial charge in [-0.2, -0.15) is 8.78 Å². The van der Waals surface area contributed by atoms with Crippen LogP contribution in [0.15, 0.2) is 54.9 Å². The number of aromatic nitrogens is 3. The van der Waals surface area contributed by atoms with Gasteiger partial charge in [-0.25, -0.2) is 9.67 Å². The highest BCUT2D eigenvalue weighted by Crippen LogP contribution is 2.21. The Hall–Kier alpha value is -3.00. The number of hydrogen-bond acceptors (Lipinski definition) is 4. The fraction of sp³-hybridized carbons (Fsp3) is 0.0625. The van der Waals surface area contributed by atoms with E-state index in [1.807, 2.05) is 0 Å². The van der Waals surface area contributed by atoms with Gasteiger partial charge in [-0.15, -0.1) is 5.10 Å². The number of alkyl halides is 2. The highest BCUT2D eigenvalue weighted by atomic mass is 35.5. The second kappa shape index (κ2) is 7.27. The van der Waals surface area contributed by atoms with Crippen LogP contribution in [-0.2, 0) is 0 Å². The molecule has 1 heterocycles. The molecule has 0 saturated carbocycles. The molecule has 3 rings (SSSR count). The summed E-state index contributed by atoms with van der Waals surface area (Å²) in [6.07, 6.45) is 1.34. The molecular weight excluding hydrogens is 354 g/mol. The van der Waals surface area contributed by atoms with Crippen LogP contribution in [0.2, 0.25) is 5.02 Å². The van der Waals surface area contributed by atoms with Gasteiger partial charge in [0.25, 0.3) is 5.91 Å². The number of para-hydroxylation sites is 1. The smallest absolute Gasteiger partial charge is 0.387 e. The summed E-state index contributed by atoms with van der Waals surface area (Å²) in [6.45, 7) is -2.89. The van der Waals surface area contributed by atoms with Gasteiger partial charge >= 0.3 is 6.61 Å². The second-order valence-corrected chi connectivity index (χ2v) is 5.23. The van der Waals surface area contributed by atoms with E-state index in [0.717, 1.165) is 0 Å². The molecule has 6 nitrogen and oxygen atoms in total. The standard InChI is InChI=1S/C16H11ClF2N4O2/c17-12-3-1-2-4-13(12)21-15(24)14-20-9-23(22-14)10-5-7-11(8-6-10)25-16(18)19/h1-9,16H,(H,21,24). The SMILES string of the molecule is O=C(Nc1ccccc1Cl)c1ncn(-c2ccc(OC(F)F)cc2)n1. The van der Waals surface area contributed by atoms with Crippen LogP contribution < -0.4 is 10.1 Å². The topological polar surface area (TPSA) is 69.0 Å². The first-order chi connectivity index (χ1) is 12.0. The van der Waals surface area contributed by atoms with Crippen molar-refractivity contribution < 1.29 is 18.3 Å². The van der Waals surface area contributed by atoms with Crippen LogP contribution in [0, 0.1) is 0 Å². The first kappa shape index (κ1) is 16.8. The summed E-state index contributed by atoms with van der Waals surface area (Å²) in [6, 6.07) is 12.5. The maximum atomic E-state index is 12.2. The zero-order valence-electron chi connectivity index (χ0n) is 12.6. The molecule has 0 aliphatic heterocycles. The van der Waals surface area contributed by atoms with Crippen molar-refractivity contribution in [1.82, 2.24) is 14.8 Å². The maximum Gasteiger partial charge on any atom is 0.387 e. The average molecular weight is 365 g/mol. The highest BCUT2D eigenvalue weighted by molar-refractivity contribution is 6.33. The normalized spacial score (nSPS) is 10.7. The minimum absolute atomic E-state index is 0.0237. The molecule has 0 bridgehead atoms. The maximum absolute atomic E-state index is 12.2. The van der Waals surface area contributed by atoms with Gasteiger partial charge in [0.05, 0.1) is 16.4 Å². The van der Waals surface area contributed by atoms with Crippen molar-refractivity contribution in [3.63, 3.8) is 0 Å². The van der Waals surface area contributed by atoms with Crippen molar-refractivity contribution in [3.05, 3.63) is 65.7 Å². The van der Waals surface area contributed by atoms with Gasteiger partial charge in [0.1, 0.15) is 12.1 Å². The van der Waals surface area contributed by atoms with Crippen molar-refractivity contribution in [3.8, 4) is 11.4 Å². The highest BCUT2D eigenvalue weighted by Gasteiger charge is 2.14. The van der Waals surface area contributed by atoms with E-state index >= 15 is 0 Å². The van der Waals surface area contributed by atoms with Crippen LogP contribution in [-0.4, -0.2) is 27.3 Å². The number of carbonyl (C=O) groups excluding carboxylic acids is 1. The van der Waals surface area contributed by atoms with E-state index in [1.54, 1.807) is 24.3 Å². The zero-order valence-corrected chi connectivity index (χ0v) is 13.3. The molecule has 0 atom stereocenters. The molecule has 1 amide bonds. The van der Waals surface area contributed by atoms with Crippen LogP contribution in [0.3, 0.4) is 0 Å². The Bertz CT molecular complexity index is 884. The molecule has 128 valence electrons. The monoisotopic (exact) mass is 364 g/mol. The van der Waals surface area contributed by atoms with Crippen LogP contribution in [0.1, 0.15) is 10.6 Å². The molecule has 1 aromatic heterocycles. The molecule has 0 aliphatic carbocycles. The molecule has 25 heavy (non-hydrogen) atoms. The molecular formula is C16H11ClF2N4O2. The van der Waals surface area contributed by atoms with E-state index in [1.165, 1.54) is 35.3 Å². The number of rotatable bonds is 5.